The molecule has 3 rings (SSSR count). The first-order valence-electron chi connectivity index (χ1n) is 7.29. The van der Waals surface area contributed by atoms with E-state index in [4.69, 9.17) is 0 Å². The highest BCUT2D eigenvalue weighted by Crippen LogP contribution is 2.44. The maximum atomic E-state index is 12.5. The Hall–Kier alpha value is -2.24. The van der Waals surface area contributed by atoms with Crippen molar-refractivity contribution in [2.24, 2.45) is 12.5 Å². The molecule has 6 nitrogen and oxygen atoms in total. The van der Waals surface area contributed by atoms with Crippen molar-refractivity contribution in [3.63, 3.8) is 0 Å². The Morgan fingerprint density at radius 3 is 2.81 bits per heavy atom. The summed E-state index contributed by atoms with van der Waals surface area (Å²) in [5, 5.41) is 14.5. The summed E-state index contributed by atoms with van der Waals surface area (Å²) in [6.45, 7) is 2.08. The minimum absolute atomic E-state index is 0.129. The van der Waals surface area contributed by atoms with Gasteiger partial charge in [-0.1, -0.05) is 25.5 Å². The zero-order valence-corrected chi connectivity index (χ0v) is 12.3. The molecule has 1 aromatic carbocycles. The van der Waals surface area contributed by atoms with Gasteiger partial charge in [-0.2, -0.15) is 0 Å². The minimum atomic E-state index is -0.164. The first-order valence-corrected chi connectivity index (χ1v) is 7.29. The van der Waals surface area contributed by atoms with Crippen molar-refractivity contribution in [1.82, 2.24) is 20.2 Å². The van der Waals surface area contributed by atoms with E-state index in [-0.39, 0.29) is 11.3 Å². The largest absolute Gasteiger partial charge is 0.326 e. The molecular formula is C15H19N5O. The van der Waals surface area contributed by atoms with E-state index in [2.05, 4.69) is 27.8 Å². The van der Waals surface area contributed by atoms with Gasteiger partial charge in [0.2, 0.25) is 5.91 Å². The number of hydrogen-bond acceptors (Lipinski definition) is 4. The molecule has 0 unspecified atom stereocenters. The van der Waals surface area contributed by atoms with Crippen LogP contribution >= 0.6 is 0 Å². The Labute approximate surface area is 123 Å². The predicted molar refractivity (Wildman–Crippen MR) is 79.4 cm³/mol. The molecule has 0 spiro atoms. The van der Waals surface area contributed by atoms with Crippen molar-refractivity contribution in [2.75, 3.05) is 5.32 Å². The molecule has 0 radical (unpaired) electrons. The van der Waals surface area contributed by atoms with Gasteiger partial charge in [0.25, 0.3) is 0 Å². The average Bonchev–Trinajstić information content (AvgIpc) is 2.85. The maximum absolute atomic E-state index is 12.5. The number of carbonyl (C=O) groups is 1. The van der Waals surface area contributed by atoms with Gasteiger partial charge in [-0.15, -0.1) is 5.10 Å². The summed E-state index contributed by atoms with van der Waals surface area (Å²) in [4.78, 5) is 12.5. The van der Waals surface area contributed by atoms with E-state index >= 15 is 0 Å². The van der Waals surface area contributed by atoms with Crippen LogP contribution in [0.3, 0.4) is 0 Å². The molecule has 1 aliphatic rings. The minimum Gasteiger partial charge on any atom is -0.326 e. The molecule has 0 saturated heterocycles. The standard InChI is InChI=1S/C15H19N5O/c1-3-15(8-5-9-15)14(21)16-12-7-4-6-11(10-12)13-17-18-19-20(13)2/h4,6-7,10H,3,5,8-9H2,1-2H3,(H,16,21). The van der Waals surface area contributed by atoms with Gasteiger partial charge in [0.1, 0.15) is 0 Å². The number of rotatable bonds is 4. The SMILES string of the molecule is CCC1(C(=O)Nc2cccc(-c3nnnn3C)c2)CCC1. The van der Waals surface area contributed by atoms with E-state index in [9.17, 15) is 4.79 Å². The Kier molecular flexibility index (Phi) is 3.45. The van der Waals surface area contributed by atoms with E-state index in [0.717, 1.165) is 36.9 Å². The fourth-order valence-corrected chi connectivity index (χ4v) is 2.82. The van der Waals surface area contributed by atoms with Crippen molar-refractivity contribution in [1.29, 1.82) is 0 Å². The van der Waals surface area contributed by atoms with E-state index in [1.807, 2.05) is 24.3 Å². The van der Waals surface area contributed by atoms with Crippen LogP contribution in [-0.4, -0.2) is 26.1 Å². The van der Waals surface area contributed by atoms with Crippen LogP contribution in [0.2, 0.25) is 0 Å². The first kappa shape index (κ1) is 13.7. The lowest BCUT2D eigenvalue weighted by molar-refractivity contribution is -0.130. The predicted octanol–water partition coefficient (Wildman–Crippen LogP) is 2.40. The highest BCUT2D eigenvalue weighted by molar-refractivity contribution is 5.96. The molecule has 0 aliphatic heterocycles. The lowest BCUT2D eigenvalue weighted by Crippen LogP contribution is -2.41. The quantitative estimate of drug-likeness (QED) is 0.936. The number of tetrazole rings is 1. The number of benzene rings is 1. The molecule has 1 amide bonds. The molecule has 1 aliphatic carbocycles. The molecule has 0 bridgehead atoms. The molecule has 1 fully saturated rings. The van der Waals surface area contributed by atoms with Gasteiger partial charge in [0.05, 0.1) is 0 Å². The van der Waals surface area contributed by atoms with Crippen molar-refractivity contribution in [2.45, 2.75) is 32.6 Å². The highest BCUT2D eigenvalue weighted by Gasteiger charge is 2.42. The van der Waals surface area contributed by atoms with Crippen LogP contribution in [0.5, 0.6) is 0 Å². The number of carbonyl (C=O) groups excluding carboxylic acids is 1. The van der Waals surface area contributed by atoms with Crippen LogP contribution in [0.25, 0.3) is 11.4 Å². The zero-order valence-electron chi connectivity index (χ0n) is 12.3. The molecule has 2 aromatic rings. The normalized spacial score (nSPS) is 16.3. The van der Waals surface area contributed by atoms with Crippen molar-refractivity contribution in [3.8, 4) is 11.4 Å². The summed E-state index contributed by atoms with van der Waals surface area (Å²) in [6, 6.07) is 7.64. The van der Waals surface area contributed by atoms with Crippen LogP contribution < -0.4 is 5.32 Å². The average molecular weight is 285 g/mol. The molecule has 6 heteroatoms. The third-order valence-corrected chi connectivity index (χ3v) is 4.47. The van der Waals surface area contributed by atoms with Gasteiger partial charge >= 0.3 is 0 Å². The number of aryl methyl sites for hydroxylation is 1. The van der Waals surface area contributed by atoms with E-state index < -0.39 is 0 Å². The molecule has 1 N–H and O–H groups in total. The summed E-state index contributed by atoms with van der Waals surface area (Å²) in [5.41, 5.74) is 1.52. The van der Waals surface area contributed by atoms with E-state index in [1.54, 1.807) is 11.7 Å². The number of anilines is 1. The molecular weight excluding hydrogens is 266 g/mol. The van der Waals surface area contributed by atoms with Crippen LogP contribution in [-0.2, 0) is 11.8 Å². The summed E-state index contributed by atoms with van der Waals surface area (Å²) >= 11 is 0. The summed E-state index contributed by atoms with van der Waals surface area (Å²) in [5.74, 6) is 0.810. The van der Waals surface area contributed by atoms with Gasteiger partial charge in [-0.25, -0.2) is 4.68 Å². The van der Waals surface area contributed by atoms with Crippen LogP contribution in [0, 0.1) is 5.41 Å². The third kappa shape index (κ3) is 2.41. The first-order chi connectivity index (χ1) is 10.1. The van der Waals surface area contributed by atoms with Crippen LogP contribution in [0.1, 0.15) is 32.6 Å². The Morgan fingerprint density at radius 2 is 2.24 bits per heavy atom. The summed E-state index contributed by atoms with van der Waals surface area (Å²) in [6.07, 6.45) is 4.02. The van der Waals surface area contributed by atoms with Gasteiger partial charge in [0, 0.05) is 23.7 Å². The van der Waals surface area contributed by atoms with Crippen LogP contribution in [0.15, 0.2) is 24.3 Å². The van der Waals surface area contributed by atoms with Crippen molar-refractivity contribution < 1.29 is 4.79 Å². The fraction of sp³-hybridized carbons (Fsp3) is 0.467. The van der Waals surface area contributed by atoms with E-state index in [1.165, 1.54) is 0 Å². The number of aromatic nitrogens is 4. The van der Waals surface area contributed by atoms with Crippen LogP contribution in [0.4, 0.5) is 5.69 Å². The topological polar surface area (TPSA) is 72.7 Å². The fourth-order valence-electron chi connectivity index (χ4n) is 2.82. The highest BCUT2D eigenvalue weighted by atomic mass is 16.2. The Balaban J connectivity index is 1.81. The number of hydrogen-bond donors (Lipinski definition) is 1. The maximum Gasteiger partial charge on any atom is 0.230 e. The second-order valence-electron chi connectivity index (χ2n) is 5.65. The van der Waals surface area contributed by atoms with Gasteiger partial charge in [-0.3, -0.25) is 4.79 Å². The molecule has 110 valence electrons. The molecule has 0 atom stereocenters. The summed E-state index contributed by atoms with van der Waals surface area (Å²) < 4.78 is 1.61. The third-order valence-electron chi connectivity index (χ3n) is 4.47. The smallest absolute Gasteiger partial charge is 0.230 e. The molecule has 1 heterocycles. The number of amides is 1. The van der Waals surface area contributed by atoms with E-state index in [0.29, 0.717) is 5.82 Å². The number of nitrogens with one attached hydrogen (secondary N) is 1. The lowest BCUT2D eigenvalue weighted by Gasteiger charge is -2.39. The molecule has 1 aromatic heterocycles. The number of nitrogens with zero attached hydrogens (tertiary/aromatic N) is 4. The Morgan fingerprint density at radius 1 is 1.43 bits per heavy atom. The Bertz CT molecular complexity index is 654. The second kappa shape index (κ2) is 5.27. The summed E-state index contributed by atoms with van der Waals surface area (Å²) in [7, 11) is 1.79. The van der Waals surface area contributed by atoms with Crippen molar-refractivity contribution in [3.05, 3.63) is 24.3 Å². The molecule has 21 heavy (non-hydrogen) atoms. The zero-order chi connectivity index (χ0) is 14.9. The monoisotopic (exact) mass is 285 g/mol. The van der Waals surface area contributed by atoms with Gasteiger partial charge in [0.15, 0.2) is 5.82 Å². The molecule has 1 saturated carbocycles. The second-order valence-corrected chi connectivity index (χ2v) is 5.65. The van der Waals surface area contributed by atoms with Gasteiger partial charge < -0.3 is 5.32 Å². The van der Waals surface area contributed by atoms with Crippen molar-refractivity contribution >= 4 is 11.6 Å². The lowest BCUT2D eigenvalue weighted by atomic mass is 9.66. The van der Waals surface area contributed by atoms with Gasteiger partial charge in [-0.05, 0) is 41.8 Å².